The molecular weight excluding hydrogens is 344 g/mol. The second-order valence-corrected chi connectivity index (χ2v) is 7.71. The van der Waals surface area contributed by atoms with Crippen LogP contribution in [0, 0.1) is 0 Å². The summed E-state index contributed by atoms with van der Waals surface area (Å²) < 4.78 is 5.52. The van der Waals surface area contributed by atoms with E-state index in [2.05, 4.69) is 12.3 Å². The van der Waals surface area contributed by atoms with Gasteiger partial charge in [-0.2, -0.15) is 0 Å². The number of aliphatic hydroxyl groups is 3. The number of hydrogen-bond donors (Lipinski definition) is 4. The fourth-order valence-electron chi connectivity index (χ4n) is 3.10. The van der Waals surface area contributed by atoms with Crippen molar-refractivity contribution >= 4 is 0 Å². The molecular formula is C21H46N2O4. The number of unbranched alkanes of at least 4 members (excludes halogenated alkanes) is 11. The molecule has 6 nitrogen and oxygen atoms in total. The van der Waals surface area contributed by atoms with Gasteiger partial charge >= 0.3 is 0 Å². The first-order chi connectivity index (χ1) is 13.0. The molecule has 0 saturated carbocycles. The maximum atomic E-state index is 9.97. The lowest BCUT2D eigenvalue weighted by atomic mass is 10.1. The van der Waals surface area contributed by atoms with Crippen LogP contribution in [-0.4, -0.2) is 58.6 Å². The topological polar surface area (TPSA) is 85.2 Å². The molecule has 27 heavy (non-hydrogen) atoms. The number of hydrogen-bond acceptors (Lipinski definition) is 6. The Bertz CT molecular complexity index is 304. The molecule has 0 spiro atoms. The van der Waals surface area contributed by atoms with Crippen LogP contribution in [0.1, 0.15) is 97.8 Å². The Morgan fingerprint density at radius 2 is 1.26 bits per heavy atom. The molecule has 164 valence electrons. The first-order valence-corrected chi connectivity index (χ1v) is 11.1. The number of hydrazine groups is 1. The highest BCUT2D eigenvalue weighted by Gasteiger charge is 2.17. The van der Waals surface area contributed by atoms with Crippen molar-refractivity contribution in [3.05, 3.63) is 0 Å². The average molecular weight is 391 g/mol. The van der Waals surface area contributed by atoms with Crippen molar-refractivity contribution in [2.24, 2.45) is 0 Å². The highest BCUT2D eigenvalue weighted by molar-refractivity contribution is 4.62. The highest BCUT2D eigenvalue weighted by atomic mass is 16.5. The van der Waals surface area contributed by atoms with E-state index in [9.17, 15) is 15.3 Å². The second-order valence-electron chi connectivity index (χ2n) is 7.71. The van der Waals surface area contributed by atoms with Gasteiger partial charge in [0.15, 0.2) is 0 Å². The van der Waals surface area contributed by atoms with E-state index in [1.54, 1.807) is 13.8 Å². The van der Waals surface area contributed by atoms with E-state index in [1.165, 1.54) is 75.6 Å². The molecule has 0 aliphatic rings. The van der Waals surface area contributed by atoms with Crippen LogP contribution < -0.4 is 5.43 Å². The Kier molecular flexibility index (Phi) is 18.9. The summed E-state index contributed by atoms with van der Waals surface area (Å²) in [5, 5.41) is 30.3. The smallest absolute Gasteiger partial charge is 0.117 e. The largest absolute Gasteiger partial charge is 0.389 e. The van der Waals surface area contributed by atoms with E-state index in [1.807, 2.05) is 0 Å². The summed E-state index contributed by atoms with van der Waals surface area (Å²) >= 11 is 0. The molecule has 0 saturated heterocycles. The molecule has 0 aliphatic heterocycles. The molecule has 4 N–H and O–H groups in total. The third-order valence-corrected chi connectivity index (χ3v) is 4.66. The first-order valence-electron chi connectivity index (χ1n) is 11.1. The van der Waals surface area contributed by atoms with Crippen molar-refractivity contribution in [3.8, 4) is 0 Å². The third kappa shape index (κ3) is 18.9. The molecule has 0 aromatic carbocycles. The van der Waals surface area contributed by atoms with Crippen LogP contribution in [0.2, 0.25) is 0 Å². The lowest BCUT2D eigenvalue weighted by Crippen LogP contribution is -2.52. The summed E-state index contributed by atoms with van der Waals surface area (Å²) in [5.41, 5.74) is 2.69. The van der Waals surface area contributed by atoms with Gasteiger partial charge in [0.25, 0.3) is 0 Å². The van der Waals surface area contributed by atoms with Gasteiger partial charge < -0.3 is 20.1 Å². The van der Waals surface area contributed by atoms with Gasteiger partial charge in [-0.05, 0) is 20.3 Å². The standard InChI is InChI=1S/C21H46N2O4/c1-4-5-6-7-8-9-10-11-12-13-14-15-16-27-18-21(26)17-23(20(3)25)22-19(2)24/h19-22,24-26H,4-18H2,1-3H3. The molecule has 0 rings (SSSR count). The molecule has 0 fully saturated rings. The minimum absolute atomic E-state index is 0.195. The molecule has 3 unspecified atom stereocenters. The lowest BCUT2D eigenvalue weighted by Gasteiger charge is -2.29. The maximum absolute atomic E-state index is 9.97. The molecule has 6 heteroatoms. The van der Waals surface area contributed by atoms with Crippen molar-refractivity contribution in [3.63, 3.8) is 0 Å². The van der Waals surface area contributed by atoms with Gasteiger partial charge in [0.05, 0.1) is 12.7 Å². The zero-order valence-corrected chi connectivity index (χ0v) is 18.0. The Balaban J connectivity index is 3.40. The fourth-order valence-corrected chi connectivity index (χ4v) is 3.10. The van der Waals surface area contributed by atoms with Gasteiger partial charge in [-0.1, -0.05) is 77.6 Å². The van der Waals surface area contributed by atoms with E-state index in [0.717, 1.165) is 6.42 Å². The van der Waals surface area contributed by atoms with Crippen molar-refractivity contribution in [1.29, 1.82) is 0 Å². The summed E-state index contributed by atoms with van der Waals surface area (Å²) in [4.78, 5) is 0. The van der Waals surface area contributed by atoms with Crippen molar-refractivity contribution in [2.45, 2.75) is 116 Å². The molecule has 0 aromatic heterocycles. The predicted molar refractivity (Wildman–Crippen MR) is 111 cm³/mol. The summed E-state index contributed by atoms with van der Waals surface area (Å²) in [7, 11) is 0. The van der Waals surface area contributed by atoms with Gasteiger partial charge in [-0.25, -0.2) is 10.4 Å². The SMILES string of the molecule is CCCCCCCCCCCCCCOCC(O)CN(NC(C)O)C(C)O. The molecule has 3 atom stereocenters. The minimum atomic E-state index is -0.800. The lowest BCUT2D eigenvalue weighted by molar-refractivity contribution is -0.0892. The quantitative estimate of drug-likeness (QED) is 0.145. The molecule has 0 bridgehead atoms. The van der Waals surface area contributed by atoms with Gasteiger partial charge in [0.1, 0.15) is 12.5 Å². The minimum Gasteiger partial charge on any atom is -0.389 e. The number of nitrogens with zero attached hydrogens (tertiary/aromatic N) is 1. The van der Waals surface area contributed by atoms with Crippen molar-refractivity contribution < 1.29 is 20.1 Å². The average Bonchev–Trinajstić information content (AvgIpc) is 2.61. The Morgan fingerprint density at radius 3 is 1.70 bits per heavy atom. The number of rotatable bonds is 20. The predicted octanol–water partition coefficient (Wildman–Crippen LogP) is 3.55. The normalized spacial score (nSPS) is 15.2. The van der Waals surface area contributed by atoms with Crippen LogP contribution in [0.3, 0.4) is 0 Å². The summed E-state index contributed by atoms with van der Waals surface area (Å²) in [6, 6.07) is 0. The van der Waals surface area contributed by atoms with Crippen LogP contribution in [0.15, 0.2) is 0 Å². The molecule has 0 amide bonds. The molecule has 0 aliphatic carbocycles. The zero-order valence-electron chi connectivity index (χ0n) is 18.0. The van der Waals surface area contributed by atoms with E-state index in [-0.39, 0.29) is 13.2 Å². The maximum Gasteiger partial charge on any atom is 0.117 e. The van der Waals surface area contributed by atoms with Crippen LogP contribution in [0.25, 0.3) is 0 Å². The number of ether oxygens (including phenoxy) is 1. The second kappa shape index (κ2) is 19.1. The van der Waals surface area contributed by atoms with Gasteiger partial charge in [0, 0.05) is 13.2 Å². The Labute approximate surface area is 167 Å². The zero-order chi connectivity index (χ0) is 20.3. The number of nitrogens with one attached hydrogen (secondary N) is 1. The van der Waals surface area contributed by atoms with Crippen molar-refractivity contribution in [2.75, 3.05) is 19.8 Å². The van der Waals surface area contributed by atoms with E-state index < -0.39 is 18.6 Å². The highest BCUT2D eigenvalue weighted by Crippen LogP contribution is 2.12. The summed E-state index contributed by atoms with van der Waals surface area (Å²) in [6.07, 6.45) is 13.5. The summed E-state index contributed by atoms with van der Waals surface area (Å²) in [5.74, 6) is 0. The number of aliphatic hydroxyl groups excluding tert-OH is 3. The first kappa shape index (κ1) is 26.8. The van der Waals surface area contributed by atoms with E-state index >= 15 is 0 Å². The fraction of sp³-hybridized carbons (Fsp3) is 1.00. The van der Waals surface area contributed by atoms with Crippen LogP contribution in [0.4, 0.5) is 0 Å². The van der Waals surface area contributed by atoms with Gasteiger partial charge in [0.2, 0.25) is 0 Å². The Morgan fingerprint density at radius 1 is 0.778 bits per heavy atom. The van der Waals surface area contributed by atoms with E-state index in [0.29, 0.717) is 6.61 Å². The van der Waals surface area contributed by atoms with Gasteiger partial charge in [-0.15, -0.1) is 0 Å². The van der Waals surface area contributed by atoms with Crippen LogP contribution >= 0.6 is 0 Å². The van der Waals surface area contributed by atoms with E-state index in [4.69, 9.17) is 4.74 Å². The van der Waals surface area contributed by atoms with Gasteiger partial charge in [-0.3, -0.25) is 0 Å². The monoisotopic (exact) mass is 390 g/mol. The summed E-state index contributed by atoms with van der Waals surface area (Å²) in [6.45, 7) is 6.49. The molecule has 0 aromatic rings. The Hall–Kier alpha value is -0.240. The molecule has 0 heterocycles. The van der Waals surface area contributed by atoms with Crippen molar-refractivity contribution in [1.82, 2.24) is 10.4 Å². The van der Waals surface area contributed by atoms with Crippen LogP contribution in [-0.2, 0) is 4.74 Å². The molecule has 0 radical (unpaired) electrons. The van der Waals surface area contributed by atoms with Crippen LogP contribution in [0.5, 0.6) is 0 Å². The third-order valence-electron chi connectivity index (χ3n) is 4.66.